The van der Waals surface area contributed by atoms with Crippen LogP contribution in [0.3, 0.4) is 0 Å². The minimum absolute atomic E-state index is 0.518. The first-order valence-electron chi connectivity index (χ1n) is 3.56. The van der Waals surface area contributed by atoms with Crippen molar-refractivity contribution in [2.24, 2.45) is 0 Å². The molecule has 0 aromatic carbocycles. The van der Waals surface area contributed by atoms with Gasteiger partial charge in [0.2, 0.25) is 0 Å². The fraction of sp³-hybridized carbons (Fsp3) is 0.286. The Morgan fingerprint density at radius 2 is 1.93 bits per heavy atom. The van der Waals surface area contributed by atoms with Gasteiger partial charge in [-0.2, -0.15) is 23.4 Å². The van der Waals surface area contributed by atoms with E-state index in [0.717, 1.165) is 6.20 Å². The molecule has 0 fully saturated rings. The number of alkyl halides is 3. The normalized spacial score (nSPS) is 11.1. The quantitative estimate of drug-likeness (QED) is 0.739. The zero-order valence-corrected chi connectivity index (χ0v) is 7.09. The van der Waals surface area contributed by atoms with Crippen LogP contribution in [-0.2, 0) is 6.18 Å². The molecule has 0 saturated carbocycles. The number of hydrogen-bond acceptors (Lipinski definition) is 3. The lowest BCUT2D eigenvalue weighted by Crippen LogP contribution is -2.23. The second-order valence-corrected chi connectivity index (χ2v) is 2.39. The van der Waals surface area contributed by atoms with Crippen molar-refractivity contribution in [3.05, 3.63) is 23.5 Å². The third kappa shape index (κ3) is 1.98. The maximum Gasteiger partial charge on any atom is 0.418 e. The van der Waals surface area contributed by atoms with E-state index in [1.807, 2.05) is 0 Å². The zero-order chi connectivity index (χ0) is 10.8. The van der Waals surface area contributed by atoms with Crippen molar-refractivity contribution in [3.8, 4) is 0 Å². The highest BCUT2D eigenvalue weighted by atomic mass is 19.4. The highest BCUT2D eigenvalue weighted by molar-refractivity contribution is 5.95. The van der Waals surface area contributed by atoms with Crippen molar-refractivity contribution < 1.29 is 18.0 Å². The van der Waals surface area contributed by atoms with Crippen molar-refractivity contribution in [2.75, 3.05) is 7.05 Å². The fourth-order valence-corrected chi connectivity index (χ4v) is 0.863. The number of halogens is 3. The Morgan fingerprint density at radius 3 is 2.43 bits per heavy atom. The SMILES string of the molecule is CNC(=O)c1cnncc1C(F)(F)F. The van der Waals surface area contributed by atoms with E-state index in [1.54, 1.807) is 0 Å². The molecule has 1 aromatic rings. The summed E-state index contributed by atoms with van der Waals surface area (Å²) in [6, 6.07) is 0. The van der Waals surface area contributed by atoms with E-state index in [4.69, 9.17) is 0 Å². The molecule has 0 aliphatic rings. The third-order valence-corrected chi connectivity index (χ3v) is 1.51. The van der Waals surface area contributed by atoms with Gasteiger partial charge in [-0.05, 0) is 0 Å². The van der Waals surface area contributed by atoms with E-state index in [9.17, 15) is 18.0 Å². The van der Waals surface area contributed by atoms with Gasteiger partial charge in [0.25, 0.3) is 5.91 Å². The summed E-state index contributed by atoms with van der Waals surface area (Å²) in [4.78, 5) is 11.0. The molecule has 7 heteroatoms. The number of nitrogens with one attached hydrogen (secondary N) is 1. The summed E-state index contributed by atoms with van der Waals surface area (Å²) in [5, 5.41) is 8.38. The minimum atomic E-state index is -4.60. The molecule has 0 radical (unpaired) electrons. The van der Waals surface area contributed by atoms with Gasteiger partial charge in [-0.1, -0.05) is 0 Å². The lowest BCUT2D eigenvalue weighted by molar-refractivity contribution is -0.138. The number of rotatable bonds is 1. The molecule has 1 rings (SSSR count). The Bertz CT molecular complexity index is 350. The van der Waals surface area contributed by atoms with Gasteiger partial charge in [0.05, 0.1) is 23.5 Å². The number of amides is 1. The van der Waals surface area contributed by atoms with Crippen molar-refractivity contribution in [1.29, 1.82) is 0 Å². The van der Waals surface area contributed by atoms with Gasteiger partial charge >= 0.3 is 6.18 Å². The highest BCUT2D eigenvalue weighted by Crippen LogP contribution is 2.30. The number of nitrogens with zero attached hydrogens (tertiary/aromatic N) is 2. The third-order valence-electron chi connectivity index (χ3n) is 1.51. The molecule has 1 aromatic heterocycles. The summed E-state index contributed by atoms with van der Waals surface area (Å²) in [5.74, 6) is -0.841. The maximum absolute atomic E-state index is 12.3. The molecule has 0 aliphatic carbocycles. The van der Waals surface area contributed by atoms with Crippen molar-refractivity contribution in [1.82, 2.24) is 15.5 Å². The molecule has 0 atom stereocenters. The second-order valence-electron chi connectivity index (χ2n) is 2.39. The molecule has 1 N–H and O–H groups in total. The average Bonchev–Trinajstić information content (AvgIpc) is 2.15. The van der Waals surface area contributed by atoms with E-state index in [0.29, 0.717) is 6.20 Å². The first-order valence-corrected chi connectivity index (χ1v) is 3.56. The van der Waals surface area contributed by atoms with Crippen LogP contribution in [0.25, 0.3) is 0 Å². The Hall–Kier alpha value is -1.66. The van der Waals surface area contributed by atoms with E-state index in [1.165, 1.54) is 7.05 Å². The number of carbonyl (C=O) groups is 1. The van der Waals surface area contributed by atoms with Crippen molar-refractivity contribution in [2.45, 2.75) is 6.18 Å². The number of carbonyl (C=O) groups excluding carboxylic acids is 1. The molecule has 4 nitrogen and oxygen atoms in total. The topological polar surface area (TPSA) is 54.9 Å². The fourth-order valence-electron chi connectivity index (χ4n) is 0.863. The highest BCUT2D eigenvalue weighted by Gasteiger charge is 2.35. The van der Waals surface area contributed by atoms with Gasteiger partial charge < -0.3 is 5.32 Å². The van der Waals surface area contributed by atoms with Crippen LogP contribution < -0.4 is 5.32 Å². The molecule has 14 heavy (non-hydrogen) atoms. The molecule has 0 spiro atoms. The molecular formula is C7H6F3N3O. The molecule has 0 unspecified atom stereocenters. The lowest BCUT2D eigenvalue weighted by atomic mass is 10.1. The summed E-state index contributed by atoms with van der Waals surface area (Å²) >= 11 is 0. The van der Waals surface area contributed by atoms with Gasteiger partial charge in [0, 0.05) is 7.05 Å². The Kier molecular flexibility index (Phi) is 2.68. The van der Waals surface area contributed by atoms with Gasteiger partial charge in [-0.25, -0.2) is 0 Å². The summed E-state index contributed by atoms with van der Waals surface area (Å²) in [5.41, 5.74) is -1.62. The van der Waals surface area contributed by atoms with Crippen LogP contribution in [0.5, 0.6) is 0 Å². The smallest absolute Gasteiger partial charge is 0.355 e. The zero-order valence-electron chi connectivity index (χ0n) is 7.09. The molecule has 1 heterocycles. The first-order chi connectivity index (χ1) is 6.46. The Balaban J connectivity index is 3.23. The first kappa shape index (κ1) is 10.4. The summed E-state index contributed by atoms with van der Waals surface area (Å²) in [7, 11) is 1.24. The molecule has 0 bridgehead atoms. The molecule has 0 aliphatic heterocycles. The van der Waals surface area contributed by atoms with Crippen molar-refractivity contribution >= 4 is 5.91 Å². The van der Waals surface area contributed by atoms with Crippen LogP contribution in [0, 0.1) is 0 Å². The van der Waals surface area contributed by atoms with E-state index < -0.39 is 23.2 Å². The number of hydrogen-bond donors (Lipinski definition) is 1. The van der Waals surface area contributed by atoms with Crippen molar-refractivity contribution in [3.63, 3.8) is 0 Å². The van der Waals surface area contributed by atoms with E-state index in [-0.39, 0.29) is 0 Å². The van der Waals surface area contributed by atoms with Crippen LogP contribution >= 0.6 is 0 Å². The van der Waals surface area contributed by atoms with E-state index in [2.05, 4.69) is 15.5 Å². The Morgan fingerprint density at radius 1 is 1.36 bits per heavy atom. The molecule has 1 amide bonds. The molecule has 0 saturated heterocycles. The van der Waals surface area contributed by atoms with Gasteiger partial charge in [0.15, 0.2) is 0 Å². The predicted octanol–water partition coefficient (Wildman–Crippen LogP) is 0.855. The summed E-state index contributed by atoms with van der Waals surface area (Å²) in [6.07, 6.45) is -3.30. The summed E-state index contributed by atoms with van der Waals surface area (Å²) < 4.78 is 36.9. The minimum Gasteiger partial charge on any atom is -0.355 e. The van der Waals surface area contributed by atoms with Gasteiger partial charge in [0.1, 0.15) is 0 Å². The average molecular weight is 205 g/mol. The van der Waals surface area contributed by atoms with Crippen LogP contribution in [0.2, 0.25) is 0 Å². The lowest BCUT2D eigenvalue weighted by Gasteiger charge is -2.09. The largest absolute Gasteiger partial charge is 0.418 e. The van der Waals surface area contributed by atoms with Crippen LogP contribution in [0.15, 0.2) is 12.4 Å². The predicted molar refractivity (Wildman–Crippen MR) is 40.4 cm³/mol. The monoisotopic (exact) mass is 205 g/mol. The number of aromatic nitrogens is 2. The van der Waals surface area contributed by atoms with Gasteiger partial charge in [-0.3, -0.25) is 4.79 Å². The van der Waals surface area contributed by atoms with E-state index >= 15 is 0 Å². The van der Waals surface area contributed by atoms with Gasteiger partial charge in [-0.15, -0.1) is 0 Å². The molecule has 76 valence electrons. The maximum atomic E-state index is 12.3. The van der Waals surface area contributed by atoms with Crippen LogP contribution in [0.4, 0.5) is 13.2 Å². The molecular weight excluding hydrogens is 199 g/mol. The van der Waals surface area contributed by atoms with Crippen LogP contribution in [0.1, 0.15) is 15.9 Å². The van der Waals surface area contributed by atoms with Crippen LogP contribution in [-0.4, -0.2) is 23.2 Å². The second kappa shape index (κ2) is 3.60. The Labute approximate surface area is 77.1 Å². The summed E-state index contributed by atoms with van der Waals surface area (Å²) in [6.45, 7) is 0. The standard InChI is InChI=1S/C7H6F3N3O/c1-11-6(14)4-2-12-13-3-5(4)7(8,9)10/h2-3H,1H3,(H,11,14).